The van der Waals surface area contributed by atoms with Crippen LogP contribution in [0.2, 0.25) is 0 Å². The Labute approximate surface area is 69.5 Å². The minimum Gasteiger partial charge on any atom is -0.211 e. The molecule has 0 saturated carbocycles. The van der Waals surface area contributed by atoms with Crippen molar-refractivity contribution in [3.8, 4) is 6.07 Å². The Balaban J connectivity index is 2.55. The second-order valence-electron chi connectivity index (χ2n) is 2.42. The highest BCUT2D eigenvalue weighted by atomic mass is 32.2. The first-order valence-corrected chi connectivity index (χ1v) is 4.58. The van der Waals surface area contributed by atoms with Crippen LogP contribution < -0.4 is 0 Å². The quantitative estimate of drug-likeness (QED) is 0.456. The number of carbonyl (C=O) groups excluding carboxylic acids is 1. The monoisotopic (exact) mass is 168 g/mol. The van der Waals surface area contributed by atoms with E-state index in [0.717, 1.165) is 17.9 Å². The van der Waals surface area contributed by atoms with Gasteiger partial charge in [0.25, 0.3) is 0 Å². The Morgan fingerprint density at radius 3 is 3.00 bits per heavy atom. The van der Waals surface area contributed by atoms with Crippen LogP contribution in [0.4, 0.5) is 0 Å². The van der Waals surface area contributed by atoms with Crippen LogP contribution in [-0.4, -0.2) is 23.6 Å². The van der Waals surface area contributed by atoms with Crippen LogP contribution in [0.5, 0.6) is 0 Å². The Morgan fingerprint density at radius 1 is 1.73 bits per heavy atom. The Hall–Kier alpha value is -0.780. The molecular formula is C7H8N2OS. The lowest BCUT2D eigenvalue weighted by Crippen LogP contribution is -2.15. The zero-order valence-electron chi connectivity index (χ0n) is 5.99. The summed E-state index contributed by atoms with van der Waals surface area (Å²) in [6, 6.07) is 1.55. The highest BCUT2D eigenvalue weighted by Crippen LogP contribution is 2.27. The number of thioether (sulfide) groups is 1. The molecule has 0 aliphatic carbocycles. The summed E-state index contributed by atoms with van der Waals surface area (Å²) in [6.07, 6.45) is 2.43. The standard InChI is InChI=1S/C7H8N2OS/c8-3-7(9-5-10)6-1-2-11-4-6/h6-7H,1-2,4H2. The van der Waals surface area contributed by atoms with Crippen molar-refractivity contribution in [3.63, 3.8) is 0 Å². The van der Waals surface area contributed by atoms with Crippen molar-refractivity contribution >= 4 is 17.8 Å². The lowest BCUT2D eigenvalue weighted by molar-refractivity contribution is 0.523. The molecule has 0 aromatic carbocycles. The molecule has 0 bridgehead atoms. The molecule has 0 N–H and O–H groups in total. The first kappa shape index (κ1) is 8.32. The Bertz CT molecular complexity index is 211. The summed E-state index contributed by atoms with van der Waals surface area (Å²) in [5.74, 6) is 2.30. The van der Waals surface area contributed by atoms with E-state index in [4.69, 9.17) is 5.26 Å². The number of rotatable bonds is 2. The van der Waals surface area contributed by atoms with Gasteiger partial charge in [-0.15, -0.1) is 0 Å². The van der Waals surface area contributed by atoms with E-state index in [9.17, 15) is 4.79 Å². The first-order chi connectivity index (χ1) is 5.38. The molecule has 0 amide bonds. The van der Waals surface area contributed by atoms with Gasteiger partial charge in [-0.05, 0) is 17.9 Å². The maximum Gasteiger partial charge on any atom is 0.236 e. The highest BCUT2D eigenvalue weighted by molar-refractivity contribution is 7.99. The molecule has 58 valence electrons. The van der Waals surface area contributed by atoms with Crippen molar-refractivity contribution in [3.05, 3.63) is 0 Å². The van der Waals surface area contributed by atoms with E-state index in [1.54, 1.807) is 0 Å². The first-order valence-electron chi connectivity index (χ1n) is 3.43. The fourth-order valence-electron chi connectivity index (χ4n) is 1.10. The molecule has 4 heteroatoms. The van der Waals surface area contributed by atoms with E-state index in [-0.39, 0.29) is 5.92 Å². The van der Waals surface area contributed by atoms with Crippen LogP contribution in [0.1, 0.15) is 6.42 Å². The van der Waals surface area contributed by atoms with E-state index in [1.165, 1.54) is 6.08 Å². The lowest BCUT2D eigenvalue weighted by Gasteiger charge is -2.07. The minimum absolute atomic E-state index is 0.270. The fraction of sp³-hybridized carbons (Fsp3) is 0.714. The van der Waals surface area contributed by atoms with Crippen molar-refractivity contribution in [2.45, 2.75) is 12.5 Å². The predicted molar refractivity (Wildman–Crippen MR) is 43.0 cm³/mol. The second kappa shape index (κ2) is 4.17. The number of aliphatic imine (C=N–C) groups is 1. The van der Waals surface area contributed by atoms with Crippen LogP contribution in [0.15, 0.2) is 4.99 Å². The summed E-state index contributed by atoms with van der Waals surface area (Å²) < 4.78 is 0. The third kappa shape index (κ3) is 2.07. The van der Waals surface area contributed by atoms with E-state index in [2.05, 4.69) is 4.99 Å². The molecule has 1 heterocycles. The topological polar surface area (TPSA) is 53.2 Å². The molecule has 3 nitrogen and oxygen atoms in total. The van der Waals surface area contributed by atoms with Crippen molar-refractivity contribution in [1.82, 2.24) is 0 Å². The number of hydrogen-bond donors (Lipinski definition) is 0. The van der Waals surface area contributed by atoms with Gasteiger partial charge in [-0.25, -0.2) is 4.79 Å². The number of nitriles is 1. The van der Waals surface area contributed by atoms with Gasteiger partial charge < -0.3 is 0 Å². The van der Waals surface area contributed by atoms with Crippen molar-refractivity contribution in [2.24, 2.45) is 10.9 Å². The Morgan fingerprint density at radius 2 is 2.55 bits per heavy atom. The van der Waals surface area contributed by atoms with Gasteiger partial charge >= 0.3 is 0 Å². The van der Waals surface area contributed by atoms with Crippen LogP contribution in [0, 0.1) is 17.2 Å². The second-order valence-corrected chi connectivity index (χ2v) is 3.57. The fourth-order valence-corrected chi connectivity index (χ4v) is 2.39. The highest BCUT2D eigenvalue weighted by Gasteiger charge is 2.24. The molecule has 1 rings (SSSR count). The van der Waals surface area contributed by atoms with Gasteiger partial charge in [0.15, 0.2) is 6.04 Å². The van der Waals surface area contributed by atoms with Crippen molar-refractivity contribution in [2.75, 3.05) is 11.5 Å². The van der Waals surface area contributed by atoms with Gasteiger partial charge in [0, 0.05) is 5.92 Å². The molecule has 2 atom stereocenters. The maximum absolute atomic E-state index is 9.88. The molecule has 0 aromatic rings. The van der Waals surface area contributed by atoms with Gasteiger partial charge in [-0.2, -0.15) is 22.0 Å². The third-order valence-electron chi connectivity index (χ3n) is 1.74. The molecule has 1 fully saturated rings. The molecule has 0 radical (unpaired) electrons. The van der Waals surface area contributed by atoms with Gasteiger partial charge in [0.1, 0.15) is 0 Å². The van der Waals surface area contributed by atoms with Crippen LogP contribution >= 0.6 is 11.8 Å². The average Bonchev–Trinajstić information content (AvgIpc) is 2.52. The smallest absolute Gasteiger partial charge is 0.211 e. The summed E-state index contributed by atoms with van der Waals surface area (Å²) >= 11 is 1.81. The summed E-state index contributed by atoms with van der Waals surface area (Å²) in [5, 5.41) is 8.59. The largest absolute Gasteiger partial charge is 0.236 e. The van der Waals surface area contributed by atoms with Crippen LogP contribution in [-0.2, 0) is 4.79 Å². The van der Waals surface area contributed by atoms with Gasteiger partial charge in [0.05, 0.1) is 6.07 Å². The average molecular weight is 168 g/mol. The van der Waals surface area contributed by atoms with Crippen molar-refractivity contribution < 1.29 is 4.79 Å². The van der Waals surface area contributed by atoms with E-state index < -0.39 is 6.04 Å². The molecule has 0 spiro atoms. The van der Waals surface area contributed by atoms with E-state index in [1.807, 2.05) is 17.8 Å². The molecule has 11 heavy (non-hydrogen) atoms. The van der Waals surface area contributed by atoms with Crippen molar-refractivity contribution in [1.29, 1.82) is 5.26 Å². The lowest BCUT2D eigenvalue weighted by atomic mass is 10.0. The number of nitrogens with zero attached hydrogens (tertiary/aromatic N) is 2. The van der Waals surface area contributed by atoms with E-state index in [0.29, 0.717) is 0 Å². The molecular weight excluding hydrogens is 160 g/mol. The third-order valence-corrected chi connectivity index (χ3v) is 2.92. The summed E-state index contributed by atoms with van der Waals surface area (Å²) in [6.45, 7) is 0. The van der Waals surface area contributed by atoms with Gasteiger partial charge in [-0.1, -0.05) is 0 Å². The molecule has 1 saturated heterocycles. The maximum atomic E-state index is 9.88. The van der Waals surface area contributed by atoms with Gasteiger partial charge in [-0.3, -0.25) is 0 Å². The Kier molecular flexibility index (Phi) is 3.15. The zero-order chi connectivity index (χ0) is 8.10. The number of hydrogen-bond acceptors (Lipinski definition) is 4. The SMILES string of the molecule is N#CC(N=C=O)C1CCSC1. The van der Waals surface area contributed by atoms with E-state index >= 15 is 0 Å². The minimum atomic E-state index is -0.456. The summed E-state index contributed by atoms with van der Waals surface area (Å²) in [5.41, 5.74) is 0. The molecule has 0 aromatic heterocycles. The van der Waals surface area contributed by atoms with Gasteiger partial charge in [0.2, 0.25) is 6.08 Å². The van der Waals surface area contributed by atoms with Crippen LogP contribution in [0.3, 0.4) is 0 Å². The predicted octanol–water partition coefficient (Wildman–Crippen LogP) is 0.967. The zero-order valence-corrected chi connectivity index (χ0v) is 6.80. The summed E-state index contributed by atoms with van der Waals surface area (Å²) in [7, 11) is 0. The number of isocyanates is 1. The normalized spacial score (nSPS) is 25.2. The van der Waals surface area contributed by atoms with Crippen LogP contribution in [0.25, 0.3) is 0 Å². The molecule has 1 aliphatic rings. The molecule has 2 unspecified atom stereocenters. The molecule has 1 aliphatic heterocycles. The summed E-state index contributed by atoms with van der Waals surface area (Å²) in [4.78, 5) is 13.3.